The maximum Gasteiger partial charge on any atom is 0.304 e. The van der Waals surface area contributed by atoms with Crippen LogP contribution in [0.15, 0.2) is 0 Å². The second-order valence-electron chi connectivity index (χ2n) is 2.40. The molecule has 0 aliphatic rings. The molecule has 0 rings (SSSR count). The predicted molar refractivity (Wildman–Crippen MR) is 46.4 cm³/mol. The lowest BCUT2D eigenvalue weighted by molar-refractivity contribution is -0.136. The summed E-state index contributed by atoms with van der Waals surface area (Å²) in [6.07, 6.45) is -0.0698. The van der Waals surface area contributed by atoms with Crippen LogP contribution in [0.3, 0.4) is 0 Å². The molecule has 0 spiro atoms. The lowest BCUT2D eigenvalue weighted by atomic mass is 10.3. The van der Waals surface area contributed by atoms with Crippen LogP contribution in [-0.4, -0.2) is 33.1 Å². The first-order valence-electron chi connectivity index (χ1n) is 3.74. The van der Waals surface area contributed by atoms with Gasteiger partial charge in [-0.15, -0.1) is 0 Å². The SMILES string of the molecule is CCOCS(=O)C(C)CC(=O)O. The summed E-state index contributed by atoms with van der Waals surface area (Å²) in [5.41, 5.74) is 0. The summed E-state index contributed by atoms with van der Waals surface area (Å²) < 4.78 is 16.1. The Hall–Kier alpha value is -0.420. The first-order valence-corrected chi connectivity index (χ1v) is 5.12. The van der Waals surface area contributed by atoms with Crippen molar-refractivity contribution in [1.29, 1.82) is 0 Å². The number of ether oxygens (including phenoxy) is 1. The van der Waals surface area contributed by atoms with E-state index in [0.717, 1.165) is 0 Å². The van der Waals surface area contributed by atoms with Crippen molar-refractivity contribution in [2.24, 2.45) is 0 Å². The Morgan fingerprint density at radius 1 is 1.67 bits per heavy atom. The van der Waals surface area contributed by atoms with E-state index in [9.17, 15) is 9.00 Å². The monoisotopic (exact) mass is 194 g/mol. The highest BCUT2D eigenvalue weighted by Crippen LogP contribution is 2.01. The molecule has 0 fully saturated rings. The van der Waals surface area contributed by atoms with Crippen molar-refractivity contribution in [2.75, 3.05) is 12.5 Å². The van der Waals surface area contributed by atoms with E-state index in [1.54, 1.807) is 13.8 Å². The normalized spacial score (nSPS) is 15.5. The van der Waals surface area contributed by atoms with Crippen LogP contribution in [0.1, 0.15) is 20.3 Å². The molecule has 0 aliphatic carbocycles. The van der Waals surface area contributed by atoms with Gasteiger partial charge < -0.3 is 9.84 Å². The van der Waals surface area contributed by atoms with Crippen LogP contribution in [0.4, 0.5) is 0 Å². The van der Waals surface area contributed by atoms with Gasteiger partial charge in [0.25, 0.3) is 0 Å². The second kappa shape index (κ2) is 6.14. The van der Waals surface area contributed by atoms with Crippen molar-refractivity contribution in [3.05, 3.63) is 0 Å². The quantitative estimate of drug-likeness (QED) is 0.672. The molecule has 0 aromatic carbocycles. The van der Waals surface area contributed by atoms with Crippen molar-refractivity contribution in [3.8, 4) is 0 Å². The van der Waals surface area contributed by atoms with Gasteiger partial charge in [0, 0.05) is 11.9 Å². The molecule has 0 aliphatic heterocycles. The molecule has 5 heteroatoms. The molecule has 0 heterocycles. The van der Waals surface area contributed by atoms with Crippen molar-refractivity contribution in [2.45, 2.75) is 25.5 Å². The van der Waals surface area contributed by atoms with Gasteiger partial charge in [-0.2, -0.15) is 0 Å². The number of aliphatic carboxylic acids is 1. The van der Waals surface area contributed by atoms with Crippen molar-refractivity contribution in [3.63, 3.8) is 0 Å². The van der Waals surface area contributed by atoms with Crippen LogP contribution < -0.4 is 0 Å². The molecule has 0 radical (unpaired) electrons. The highest BCUT2D eigenvalue weighted by Gasteiger charge is 2.14. The Morgan fingerprint density at radius 2 is 2.25 bits per heavy atom. The van der Waals surface area contributed by atoms with Gasteiger partial charge in [0.2, 0.25) is 0 Å². The molecule has 2 atom stereocenters. The van der Waals surface area contributed by atoms with Gasteiger partial charge in [-0.05, 0) is 6.92 Å². The van der Waals surface area contributed by atoms with E-state index in [-0.39, 0.29) is 17.6 Å². The second-order valence-corrected chi connectivity index (χ2v) is 4.20. The number of carbonyl (C=O) groups is 1. The summed E-state index contributed by atoms with van der Waals surface area (Å²) in [4.78, 5) is 10.2. The molecule has 1 N–H and O–H groups in total. The van der Waals surface area contributed by atoms with Crippen LogP contribution in [0.5, 0.6) is 0 Å². The third-order valence-corrected chi connectivity index (χ3v) is 2.78. The summed E-state index contributed by atoms with van der Waals surface area (Å²) >= 11 is 0. The molecule has 0 bridgehead atoms. The summed E-state index contributed by atoms with van der Waals surface area (Å²) in [5.74, 6) is -0.794. The molecule has 0 saturated carbocycles. The molecular weight excluding hydrogens is 180 g/mol. The van der Waals surface area contributed by atoms with E-state index in [0.29, 0.717) is 6.61 Å². The Balaban J connectivity index is 3.69. The molecule has 0 aromatic rings. The van der Waals surface area contributed by atoms with E-state index in [1.165, 1.54) is 0 Å². The number of carboxylic acids is 1. The summed E-state index contributed by atoms with van der Waals surface area (Å²) in [6, 6.07) is 0. The summed E-state index contributed by atoms with van der Waals surface area (Å²) in [5, 5.41) is 8.04. The highest BCUT2D eigenvalue weighted by molar-refractivity contribution is 7.85. The number of hydrogen-bond donors (Lipinski definition) is 1. The fourth-order valence-electron chi connectivity index (χ4n) is 0.620. The molecule has 0 amide bonds. The van der Waals surface area contributed by atoms with Crippen LogP contribution >= 0.6 is 0 Å². The van der Waals surface area contributed by atoms with E-state index in [4.69, 9.17) is 9.84 Å². The standard InChI is InChI=1S/C7H14O4S/c1-3-11-5-12(10)6(2)4-7(8)9/h6H,3-5H2,1-2H3,(H,8,9). The van der Waals surface area contributed by atoms with E-state index < -0.39 is 16.8 Å². The molecule has 12 heavy (non-hydrogen) atoms. The molecule has 72 valence electrons. The fraction of sp³-hybridized carbons (Fsp3) is 0.857. The van der Waals surface area contributed by atoms with E-state index in [2.05, 4.69) is 0 Å². The van der Waals surface area contributed by atoms with Gasteiger partial charge in [-0.3, -0.25) is 9.00 Å². The van der Waals surface area contributed by atoms with E-state index in [1.807, 2.05) is 0 Å². The first-order chi connectivity index (χ1) is 5.57. The van der Waals surface area contributed by atoms with Gasteiger partial charge >= 0.3 is 5.97 Å². The Bertz CT molecular complexity index is 169. The average Bonchev–Trinajstić information content (AvgIpc) is 1.98. The maximum atomic E-state index is 11.2. The first kappa shape index (κ1) is 11.6. The smallest absolute Gasteiger partial charge is 0.304 e. The van der Waals surface area contributed by atoms with Crippen molar-refractivity contribution < 1.29 is 18.8 Å². The van der Waals surface area contributed by atoms with Crippen LogP contribution in [0.25, 0.3) is 0 Å². The molecule has 0 saturated heterocycles. The molecule has 0 aromatic heterocycles. The lowest BCUT2D eigenvalue weighted by Crippen LogP contribution is -2.19. The molecule has 2 unspecified atom stereocenters. The molecular formula is C7H14O4S. The number of carboxylic acid groups (broad SMARTS) is 1. The topological polar surface area (TPSA) is 63.6 Å². The van der Waals surface area contributed by atoms with Crippen LogP contribution in [0.2, 0.25) is 0 Å². The van der Waals surface area contributed by atoms with Gasteiger partial charge in [-0.25, -0.2) is 0 Å². The third-order valence-electron chi connectivity index (χ3n) is 1.31. The number of hydrogen-bond acceptors (Lipinski definition) is 3. The van der Waals surface area contributed by atoms with Crippen molar-refractivity contribution >= 4 is 16.8 Å². The predicted octanol–water partition coefficient (Wildman–Crippen LogP) is 0.592. The maximum absolute atomic E-state index is 11.2. The lowest BCUT2D eigenvalue weighted by Gasteiger charge is -2.07. The Labute approximate surface area is 74.4 Å². The minimum absolute atomic E-state index is 0.0698. The largest absolute Gasteiger partial charge is 0.481 e. The molecule has 4 nitrogen and oxygen atoms in total. The average molecular weight is 194 g/mol. The highest BCUT2D eigenvalue weighted by atomic mass is 32.2. The zero-order valence-electron chi connectivity index (χ0n) is 7.28. The third kappa shape index (κ3) is 5.26. The van der Waals surface area contributed by atoms with Crippen LogP contribution in [0, 0.1) is 0 Å². The van der Waals surface area contributed by atoms with Gasteiger partial charge in [-0.1, -0.05) is 6.92 Å². The van der Waals surface area contributed by atoms with Gasteiger partial charge in [0.05, 0.1) is 17.2 Å². The Morgan fingerprint density at radius 3 is 2.67 bits per heavy atom. The summed E-state index contributed by atoms with van der Waals surface area (Å²) in [7, 11) is -1.19. The number of rotatable bonds is 6. The van der Waals surface area contributed by atoms with Crippen LogP contribution in [-0.2, 0) is 20.3 Å². The van der Waals surface area contributed by atoms with Gasteiger partial charge in [0.15, 0.2) is 0 Å². The van der Waals surface area contributed by atoms with Crippen molar-refractivity contribution in [1.82, 2.24) is 0 Å². The summed E-state index contributed by atoms with van der Waals surface area (Å²) in [6.45, 7) is 3.95. The zero-order chi connectivity index (χ0) is 9.56. The van der Waals surface area contributed by atoms with Gasteiger partial charge in [0.1, 0.15) is 5.94 Å². The fourth-order valence-corrected chi connectivity index (χ4v) is 1.51. The van der Waals surface area contributed by atoms with E-state index >= 15 is 0 Å². The minimum atomic E-state index is -1.19. The Kier molecular flexibility index (Phi) is 5.92. The zero-order valence-corrected chi connectivity index (χ0v) is 8.10. The minimum Gasteiger partial charge on any atom is -0.481 e.